The SMILES string of the molecule is O=C(NS(=O)(=O)c1ccc(Cl)cc1)c1cccc(F)c1. The molecule has 0 aromatic heterocycles. The van der Waals surface area contributed by atoms with E-state index in [4.69, 9.17) is 11.6 Å². The molecule has 20 heavy (non-hydrogen) atoms. The molecule has 0 unspecified atom stereocenters. The Morgan fingerprint density at radius 1 is 1.10 bits per heavy atom. The van der Waals surface area contributed by atoms with Gasteiger partial charge in [0, 0.05) is 10.6 Å². The van der Waals surface area contributed by atoms with Crippen LogP contribution in [0.25, 0.3) is 0 Å². The fraction of sp³-hybridized carbons (Fsp3) is 0. The van der Waals surface area contributed by atoms with Crippen molar-refractivity contribution < 1.29 is 17.6 Å². The van der Waals surface area contributed by atoms with E-state index in [-0.39, 0.29) is 10.5 Å². The van der Waals surface area contributed by atoms with Crippen molar-refractivity contribution in [2.24, 2.45) is 0 Å². The Hall–Kier alpha value is -1.92. The number of carbonyl (C=O) groups is 1. The lowest BCUT2D eigenvalue weighted by Gasteiger charge is -2.07. The third-order valence-corrected chi connectivity index (χ3v) is 4.04. The minimum atomic E-state index is -4.02. The molecule has 0 heterocycles. The molecule has 0 atom stereocenters. The first-order valence-corrected chi connectivity index (χ1v) is 7.33. The summed E-state index contributed by atoms with van der Waals surface area (Å²) in [7, 11) is -4.02. The molecular formula is C13H9ClFNO3S. The van der Waals surface area contributed by atoms with Gasteiger partial charge in [-0.1, -0.05) is 17.7 Å². The average Bonchev–Trinajstić information content (AvgIpc) is 2.38. The number of hydrogen-bond donors (Lipinski definition) is 1. The minimum Gasteiger partial charge on any atom is -0.268 e. The van der Waals surface area contributed by atoms with E-state index in [1.807, 2.05) is 4.72 Å². The molecule has 0 saturated heterocycles. The Balaban J connectivity index is 2.24. The van der Waals surface area contributed by atoms with Crippen LogP contribution in [0.3, 0.4) is 0 Å². The average molecular weight is 314 g/mol. The van der Waals surface area contributed by atoms with Crippen LogP contribution in [-0.4, -0.2) is 14.3 Å². The summed E-state index contributed by atoms with van der Waals surface area (Å²) >= 11 is 5.66. The number of benzene rings is 2. The van der Waals surface area contributed by atoms with Crippen LogP contribution in [0.15, 0.2) is 53.4 Å². The predicted molar refractivity (Wildman–Crippen MR) is 72.5 cm³/mol. The van der Waals surface area contributed by atoms with Gasteiger partial charge in [-0.3, -0.25) is 4.79 Å². The zero-order chi connectivity index (χ0) is 14.8. The smallest absolute Gasteiger partial charge is 0.265 e. The highest BCUT2D eigenvalue weighted by molar-refractivity contribution is 7.90. The summed E-state index contributed by atoms with van der Waals surface area (Å²) < 4.78 is 38.7. The van der Waals surface area contributed by atoms with E-state index in [0.717, 1.165) is 12.1 Å². The molecule has 2 aromatic carbocycles. The van der Waals surface area contributed by atoms with Crippen LogP contribution in [0.2, 0.25) is 5.02 Å². The van der Waals surface area contributed by atoms with E-state index in [1.54, 1.807) is 0 Å². The van der Waals surface area contributed by atoms with Crippen molar-refractivity contribution in [3.05, 3.63) is 64.9 Å². The minimum absolute atomic E-state index is 0.0810. The van der Waals surface area contributed by atoms with Crippen LogP contribution < -0.4 is 4.72 Å². The molecule has 2 aromatic rings. The standard InChI is InChI=1S/C13H9ClFNO3S/c14-10-4-6-12(7-5-10)20(18,19)16-13(17)9-2-1-3-11(15)8-9/h1-8H,(H,16,17). The van der Waals surface area contributed by atoms with E-state index in [0.29, 0.717) is 5.02 Å². The maximum atomic E-state index is 13.0. The van der Waals surface area contributed by atoms with Crippen LogP contribution in [-0.2, 0) is 10.0 Å². The van der Waals surface area contributed by atoms with Gasteiger partial charge in [-0.2, -0.15) is 0 Å². The monoisotopic (exact) mass is 313 g/mol. The molecule has 0 aliphatic carbocycles. The molecule has 0 aliphatic rings. The molecule has 0 spiro atoms. The van der Waals surface area contributed by atoms with Gasteiger partial charge in [0.25, 0.3) is 15.9 Å². The van der Waals surface area contributed by atoms with Crippen molar-refractivity contribution in [2.75, 3.05) is 0 Å². The van der Waals surface area contributed by atoms with Crippen molar-refractivity contribution in [3.8, 4) is 0 Å². The summed E-state index contributed by atoms with van der Waals surface area (Å²) in [6, 6.07) is 10.1. The molecule has 0 saturated carbocycles. The van der Waals surface area contributed by atoms with Gasteiger partial charge in [0.05, 0.1) is 4.90 Å². The van der Waals surface area contributed by atoms with E-state index in [1.165, 1.54) is 36.4 Å². The van der Waals surface area contributed by atoms with Crippen LogP contribution in [0.4, 0.5) is 4.39 Å². The van der Waals surface area contributed by atoms with Crippen LogP contribution in [0.1, 0.15) is 10.4 Å². The topological polar surface area (TPSA) is 63.2 Å². The fourth-order valence-corrected chi connectivity index (χ4v) is 2.58. The first kappa shape index (κ1) is 14.5. The maximum Gasteiger partial charge on any atom is 0.265 e. The second-order valence-electron chi connectivity index (χ2n) is 3.90. The van der Waals surface area contributed by atoms with E-state index in [9.17, 15) is 17.6 Å². The lowest BCUT2D eigenvalue weighted by atomic mass is 10.2. The van der Waals surface area contributed by atoms with Crippen molar-refractivity contribution in [1.29, 1.82) is 0 Å². The van der Waals surface area contributed by atoms with E-state index >= 15 is 0 Å². The second-order valence-corrected chi connectivity index (χ2v) is 6.02. The number of hydrogen-bond acceptors (Lipinski definition) is 3. The first-order valence-electron chi connectivity index (χ1n) is 5.47. The van der Waals surface area contributed by atoms with Gasteiger partial charge < -0.3 is 0 Å². The van der Waals surface area contributed by atoms with Gasteiger partial charge in [0.2, 0.25) is 0 Å². The predicted octanol–water partition coefficient (Wildman–Crippen LogP) is 2.60. The number of nitrogens with one attached hydrogen (secondary N) is 1. The summed E-state index contributed by atoms with van der Waals surface area (Å²) in [5.41, 5.74) is -0.0810. The summed E-state index contributed by atoms with van der Waals surface area (Å²) in [6.45, 7) is 0. The van der Waals surface area contributed by atoms with Gasteiger partial charge in [-0.05, 0) is 42.5 Å². The molecule has 0 bridgehead atoms. The highest BCUT2D eigenvalue weighted by Gasteiger charge is 2.18. The molecule has 4 nitrogen and oxygen atoms in total. The largest absolute Gasteiger partial charge is 0.268 e. The van der Waals surface area contributed by atoms with Gasteiger partial charge in [0.15, 0.2) is 0 Å². The first-order chi connectivity index (χ1) is 9.38. The third-order valence-electron chi connectivity index (χ3n) is 2.44. The van der Waals surface area contributed by atoms with Crippen LogP contribution >= 0.6 is 11.6 Å². The maximum absolute atomic E-state index is 13.0. The number of halogens is 2. The number of carbonyl (C=O) groups excluding carboxylic acids is 1. The molecule has 0 radical (unpaired) electrons. The van der Waals surface area contributed by atoms with Gasteiger partial charge in [-0.25, -0.2) is 17.5 Å². The summed E-state index contributed by atoms with van der Waals surface area (Å²) in [5.74, 6) is -1.53. The molecule has 7 heteroatoms. The third kappa shape index (κ3) is 3.34. The zero-order valence-corrected chi connectivity index (χ0v) is 11.6. The van der Waals surface area contributed by atoms with E-state index in [2.05, 4.69) is 0 Å². The van der Waals surface area contributed by atoms with E-state index < -0.39 is 21.7 Å². The molecule has 1 amide bonds. The highest BCUT2D eigenvalue weighted by Crippen LogP contribution is 2.14. The Kier molecular flexibility index (Phi) is 4.06. The Labute approximate surface area is 120 Å². The number of sulfonamides is 1. The highest BCUT2D eigenvalue weighted by atomic mass is 35.5. The number of amides is 1. The van der Waals surface area contributed by atoms with Crippen molar-refractivity contribution >= 4 is 27.5 Å². The summed E-state index contributed by atoms with van der Waals surface area (Å²) in [5, 5.41) is 0.375. The molecular weight excluding hydrogens is 305 g/mol. The number of rotatable bonds is 3. The summed E-state index contributed by atoms with van der Waals surface area (Å²) in [4.78, 5) is 11.7. The molecule has 0 aliphatic heterocycles. The van der Waals surface area contributed by atoms with Crippen molar-refractivity contribution in [2.45, 2.75) is 4.90 Å². The second kappa shape index (κ2) is 5.60. The van der Waals surface area contributed by atoms with Crippen molar-refractivity contribution in [3.63, 3.8) is 0 Å². The van der Waals surface area contributed by atoms with Crippen LogP contribution in [0, 0.1) is 5.82 Å². The lowest BCUT2D eigenvalue weighted by Crippen LogP contribution is -2.30. The molecule has 104 valence electrons. The molecule has 2 rings (SSSR count). The molecule has 0 fully saturated rings. The Morgan fingerprint density at radius 2 is 1.75 bits per heavy atom. The van der Waals surface area contributed by atoms with Gasteiger partial charge in [0.1, 0.15) is 5.82 Å². The van der Waals surface area contributed by atoms with Crippen molar-refractivity contribution in [1.82, 2.24) is 4.72 Å². The zero-order valence-electron chi connectivity index (χ0n) is 10.0. The molecule has 1 N–H and O–H groups in total. The van der Waals surface area contributed by atoms with Gasteiger partial charge in [-0.15, -0.1) is 0 Å². The summed E-state index contributed by atoms with van der Waals surface area (Å²) in [6.07, 6.45) is 0. The Morgan fingerprint density at radius 3 is 2.35 bits per heavy atom. The van der Waals surface area contributed by atoms with Crippen LogP contribution in [0.5, 0.6) is 0 Å². The lowest BCUT2D eigenvalue weighted by molar-refractivity contribution is 0.0981. The Bertz CT molecular complexity index is 744. The fourth-order valence-electron chi connectivity index (χ4n) is 1.48. The normalized spacial score (nSPS) is 11.1. The quantitative estimate of drug-likeness (QED) is 0.947. The van der Waals surface area contributed by atoms with Gasteiger partial charge >= 0.3 is 0 Å².